The van der Waals surface area contributed by atoms with Crippen LogP contribution < -0.4 is 5.73 Å². The lowest BCUT2D eigenvalue weighted by Crippen LogP contribution is -2.54. The molecule has 0 radical (unpaired) electrons. The van der Waals surface area contributed by atoms with Gasteiger partial charge in [-0.05, 0) is 57.5 Å². The number of likely N-dealkylation sites (N-methyl/N-ethyl adjacent to an activating group) is 1. The van der Waals surface area contributed by atoms with Crippen molar-refractivity contribution in [2.75, 3.05) is 13.6 Å². The fourth-order valence-corrected chi connectivity index (χ4v) is 3.67. The molecule has 2 N–H and O–H groups in total. The summed E-state index contributed by atoms with van der Waals surface area (Å²) in [5.41, 5.74) is 6.68. The third kappa shape index (κ3) is 1.83. The van der Waals surface area contributed by atoms with E-state index in [-0.39, 0.29) is 0 Å². The number of rotatable bonds is 1. The maximum atomic E-state index is 6.31. The molecule has 88 valence electrons. The molecule has 0 aromatic carbocycles. The first kappa shape index (κ1) is 11.4. The van der Waals surface area contributed by atoms with Crippen LogP contribution in [-0.4, -0.2) is 30.1 Å². The first-order chi connectivity index (χ1) is 7.06. The quantitative estimate of drug-likeness (QED) is 0.719. The molecule has 1 aliphatic carbocycles. The Morgan fingerprint density at radius 2 is 1.80 bits per heavy atom. The van der Waals surface area contributed by atoms with E-state index in [4.69, 9.17) is 5.73 Å². The fourth-order valence-electron chi connectivity index (χ4n) is 3.67. The van der Waals surface area contributed by atoms with Gasteiger partial charge in [0.05, 0.1) is 0 Å². The van der Waals surface area contributed by atoms with Crippen molar-refractivity contribution in [1.29, 1.82) is 0 Å². The topological polar surface area (TPSA) is 29.3 Å². The Morgan fingerprint density at radius 3 is 2.20 bits per heavy atom. The Labute approximate surface area is 94.2 Å². The molecule has 1 saturated carbocycles. The molecule has 1 heterocycles. The number of hydrogen-bond acceptors (Lipinski definition) is 2. The lowest BCUT2D eigenvalue weighted by molar-refractivity contribution is 0.0733. The molecule has 0 aromatic rings. The SMILES string of the molecule is CC(C)C1CCC2(CC1)C(N)CCN2C. The standard InChI is InChI=1S/C13H26N2/c1-10(2)11-4-7-13(8-5-11)12(14)6-9-15(13)3/h10-12H,4-9,14H2,1-3H3. The van der Waals surface area contributed by atoms with Gasteiger partial charge in [-0.15, -0.1) is 0 Å². The normalized spacial score (nSPS) is 43.0. The van der Waals surface area contributed by atoms with Crippen LogP contribution in [0.4, 0.5) is 0 Å². The minimum atomic E-state index is 0.366. The lowest BCUT2D eigenvalue weighted by Gasteiger charge is -2.45. The molecule has 2 nitrogen and oxygen atoms in total. The van der Waals surface area contributed by atoms with Crippen LogP contribution in [-0.2, 0) is 0 Å². The van der Waals surface area contributed by atoms with Gasteiger partial charge < -0.3 is 5.73 Å². The smallest absolute Gasteiger partial charge is 0.0358 e. The zero-order chi connectivity index (χ0) is 11.1. The molecule has 1 spiro atoms. The predicted octanol–water partition coefficient (Wildman–Crippen LogP) is 2.23. The predicted molar refractivity (Wildman–Crippen MR) is 64.7 cm³/mol. The molecule has 0 amide bonds. The zero-order valence-electron chi connectivity index (χ0n) is 10.5. The van der Waals surface area contributed by atoms with Gasteiger partial charge in [-0.1, -0.05) is 13.8 Å². The fraction of sp³-hybridized carbons (Fsp3) is 1.00. The van der Waals surface area contributed by atoms with E-state index >= 15 is 0 Å². The van der Waals surface area contributed by atoms with Gasteiger partial charge in [0, 0.05) is 11.6 Å². The van der Waals surface area contributed by atoms with Crippen LogP contribution in [0.1, 0.15) is 46.0 Å². The van der Waals surface area contributed by atoms with Crippen molar-refractivity contribution in [3.63, 3.8) is 0 Å². The second-order valence-electron chi connectivity index (χ2n) is 6.00. The molecule has 2 heteroatoms. The number of nitrogens with zero attached hydrogens (tertiary/aromatic N) is 1. The number of likely N-dealkylation sites (tertiary alicyclic amines) is 1. The summed E-state index contributed by atoms with van der Waals surface area (Å²) in [5.74, 6) is 1.79. The molecule has 1 aliphatic heterocycles. The maximum Gasteiger partial charge on any atom is 0.0358 e. The second-order valence-corrected chi connectivity index (χ2v) is 6.00. The van der Waals surface area contributed by atoms with Gasteiger partial charge in [0.1, 0.15) is 0 Å². The van der Waals surface area contributed by atoms with E-state index in [2.05, 4.69) is 25.8 Å². The van der Waals surface area contributed by atoms with Crippen LogP contribution in [0.25, 0.3) is 0 Å². The van der Waals surface area contributed by atoms with Gasteiger partial charge >= 0.3 is 0 Å². The molecule has 15 heavy (non-hydrogen) atoms. The lowest BCUT2D eigenvalue weighted by atomic mass is 9.70. The van der Waals surface area contributed by atoms with E-state index < -0.39 is 0 Å². The molecule has 1 unspecified atom stereocenters. The minimum Gasteiger partial charge on any atom is -0.326 e. The van der Waals surface area contributed by atoms with E-state index in [0.29, 0.717) is 11.6 Å². The highest BCUT2D eigenvalue weighted by Gasteiger charge is 2.47. The van der Waals surface area contributed by atoms with E-state index in [1.165, 1.54) is 38.6 Å². The summed E-state index contributed by atoms with van der Waals surface area (Å²) >= 11 is 0. The average molecular weight is 210 g/mol. The molecule has 0 bridgehead atoms. The minimum absolute atomic E-state index is 0.366. The summed E-state index contributed by atoms with van der Waals surface area (Å²) in [7, 11) is 2.27. The van der Waals surface area contributed by atoms with Crippen LogP contribution in [0.15, 0.2) is 0 Å². The Morgan fingerprint density at radius 1 is 1.20 bits per heavy atom. The second kappa shape index (κ2) is 4.06. The van der Waals surface area contributed by atoms with Crippen molar-refractivity contribution >= 4 is 0 Å². The van der Waals surface area contributed by atoms with Crippen molar-refractivity contribution in [1.82, 2.24) is 4.90 Å². The largest absolute Gasteiger partial charge is 0.326 e. The summed E-state index contributed by atoms with van der Waals surface area (Å²) in [6.45, 7) is 5.93. The average Bonchev–Trinajstić information content (AvgIpc) is 2.48. The number of nitrogens with two attached hydrogens (primary N) is 1. The van der Waals surface area contributed by atoms with Crippen molar-refractivity contribution in [3.05, 3.63) is 0 Å². The molecule has 2 fully saturated rings. The molecular weight excluding hydrogens is 184 g/mol. The first-order valence-corrected chi connectivity index (χ1v) is 6.53. The van der Waals surface area contributed by atoms with Gasteiger partial charge in [0.2, 0.25) is 0 Å². The monoisotopic (exact) mass is 210 g/mol. The molecule has 2 aliphatic rings. The molecule has 1 saturated heterocycles. The van der Waals surface area contributed by atoms with E-state index in [0.717, 1.165) is 11.8 Å². The highest BCUT2D eigenvalue weighted by molar-refractivity contribution is 5.05. The van der Waals surface area contributed by atoms with Gasteiger partial charge in [-0.25, -0.2) is 0 Å². The summed E-state index contributed by atoms with van der Waals surface area (Å²) in [5, 5.41) is 0. The van der Waals surface area contributed by atoms with Crippen molar-refractivity contribution in [3.8, 4) is 0 Å². The van der Waals surface area contributed by atoms with Crippen LogP contribution in [0.2, 0.25) is 0 Å². The highest BCUT2D eigenvalue weighted by Crippen LogP contribution is 2.43. The Kier molecular flexibility index (Phi) is 3.09. The third-order valence-electron chi connectivity index (χ3n) is 5.06. The first-order valence-electron chi connectivity index (χ1n) is 6.53. The molecule has 2 rings (SSSR count). The van der Waals surface area contributed by atoms with Crippen LogP contribution in [0.3, 0.4) is 0 Å². The van der Waals surface area contributed by atoms with Crippen LogP contribution in [0, 0.1) is 11.8 Å². The summed E-state index contributed by atoms with van der Waals surface area (Å²) in [4.78, 5) is 2.54. The van der Waals surface area contributed by atoms with Gasteiger partial charge in [0.25, 0.3) is 0 Å². The van der Waals surface area contributed by atoms with Gasteiger partial charge in [-0.2, -0.15) is 0 Å². The zero-order valence-corrected chi connectivity index (χ0v) is 10.5. The van der Waals surface area contributed by atoms with Crippen LogP contribution in [0.5, 0.6) is 0 Å². The van der Waals surface area contributed by atoms with Crippen molar-refractivity contribution in [2.45, 2.75) is 57.5 Å². The Hall–Kier alpha value is -0.0800. The molecule has 1 atom stereocenters. The van der Waals surface area contributed by atoms with E-state index in [9.17, 15) is 0 Å². The van der Waals surface area contributed by atoms with E-state index in [1.54, 1.807) is 0 Å². The summed E-state index contributed by atoms with van der Waals surface area (Å²) in [6.07, 6.45) is 6.62. The summed E-state index contributed by atoms with van der Waals surface area (Å²) < 4.78 is 0. The Bertz CT molecular complexity index is 205. The van der Waals surface area contributed by atoms with E-state index in [1.807, 2.05) is 0 Å². The van der Waals surface area contributed by atoms with Crippen LogP contribution >= 0.6 is 0 Å². The Balaban J connectivity index is 2.02. The number of hydrogen-bond donors (Lipinski definition) is 1. The highest BCUT2D eigenvalue weighted by atomic mass is 15.2. The molecular formula is C13H26N2. The van der Waals surface area contributed by atoms with Crippen molar-refractivity contribution in [2.24, 2.45) is 17.6 Å². The third-order valence-corrected chi connectivity index (χ3v) is 5.06. The van der Waals surface area contributed by atoms with Crippen molar-refractivity contribution < 1.29 is 0 Å². The maximum absolute atomic E-state index is 6.31. The van der Waals surface area contributed by atoms with Gasteiger partial charge in [-0.3, -0.25) is 4.90 Å². The summed E-state index contributed by atoms with van der Waals surface area (Å²) in [6, 6.07) is 0.426. The van der Waals surface area contributed by atoms with Gasteiger partial charge in [0.15, 0.2) is 0 Å². The molecule has 0 aromatic heterocycles.